The SMILES string of the molecule is COC(=O)c1c(C)nc(C)c(C(=O)OC)c1-c1cccc(OCc2ccccc2Cl)c1. The Morgan fingerprint density at radius 1 is 0.903 bits per heavy atom. The quantitative estimate of drug-likeness (QED) is 0.493. The Labute approximate surface area is 185 Å². The zero-order valence-electron chi connectivity index (χ0n) is 17.7. The van der Waals surface area contributed by atoms with Crippen molar-refractivity contribution in [1.29, 1.82) is 0 Å². The minimum atomic E-state index is -0.590. The molecule has 2 aromatic carbocycles. The van der Waals surface area contributed by atoms with E-state index in [1.807, 2.05) is 18.2 Å². The van der Waals surface area contributed by atoms with Crippen LogP contribution in [0.1, 0.15) is 37.7 Å². The summed E-state index contributed by atoms with van der Waals surface area (Å²) in [4.78, 5) is 29.5. The minimum Gasteiger partial charge on any atom is -0.489 e. The number of aromatic nitrogens is 1. The maximum absolute atomic E-state index is 12.6. The number of hydrogen-bond donors (Lipinski definition) is 0. The first-order valence-electron chi connectivity index (χ1n) is 9.51. The molecule has 0 aliphatic rings. The first-order valence-corrected chi connectivity index (χ1v) is 9.89. The third-order valence-electron chi connectivity index (χ3n) is 4.81. The number of carbonyl (C=O) groups excluding carboxylic acids is 2. The fourth-order valence-corrected chi connectivity index (χ4v) is 3.55. The molecule has 3 rings (SSSR count). The van der Waals surface area contributed by atoms with E-state index in [4.69, 9.17) is 25.8 Å². The van der Waals surface area contributed by atoms with Gasteiger partial charge < -0.3 is 14.2 Å². The predicted octanol–water partition coefficient (Wildman–Crippen LogP) is 5.17. The molecule has 0 unspecified atom stereocenters. The molecule has 0 N–H and O–H groups in total. The van der Waals surface area contributed by atoms with E-state index in [1.54, 1.807) is 44.2 Å². The van der Waals surface area contributed by atoms with Crippen LogP contribution in [-0.2, 0) is 16.1 Å². The van der Waals surface area contributed by atoms with Gasteiger partial charge in [0.1, 0.15) is 12.4 Å². The van der Waals surface area contributed by atoms with E-state index in [9.17, 15) is 9.59 Å². The van der Waals surface area contributed by atoms with Crippen LogP contribution in [0.15, 0.2) is 48.5 Å². The van der Waals surface area contributed by atoms with Gasteiger partial charge in [0, 0.05) is 16.1 Å². The number of ether oxygens (including phenoxy) is 3. The highest BCUT2D eigenvalue weighted by Crippen LogP contribution is 2.34. The first kappa shape index (κ1) is 22.3. The normalized spacial score (nSPS) is 10.5. The van der Waals surface area contributed by atoms with Crippen LogP contribution < -0.4 is 4.74 Å². The summed E-state index contributed by atoms with van der Waals surface area (Å²) in [6, 6.07) is 14.5. The molecule has 0 bridgehead atoms. The number of methoxy groups -OCH3 is 2. The summed E-state index contributed by atoms with van der Waals surface area (Å²) in [5.41, 5.74) is 3.16. The average Bonchev–Trinajstić information content (AvgIpc) is 2.77. The number of hydrogen-bond acceptors (Lipinski definition) is 6. The van der Waals surface area contributed by atoms with E-state index >= 15 is 0 Å². The molecule has 0 spiro atoms. The van der Waals surface area contributed by atoms with Crippen molar-refractivity contribution in [3.05, 3.63) is 81.6 Å². The Morgan fingerprint density at radius 3 is 2.10 bits per heavy atom. The lowest BCUT2D eigenvalue weighted by Gasteiger charge is -2.17. The van der Waals surface area contributed by atoms with E-state index in [-0.39, 0.29) is 17.7 Å². The highest BCUT2D eigenvalue weighted by molar-refractivity contribution is 6.31. The number of pyridine rings is 1. The number of rotatable bonds is 6. The zero-order valence-corrected chi connectivity index (χ0v) is 18.4. The largest absolute Gasteiger partial charge is 0.489 e. The molecule has 160 valence electrons. The molecule has 0 saturated carbocycles. The average molecular weight is 440 g/mol. The molecule has 1 heterocycles. The molecule has 0 saturated heterocycles. The van der Waals surface area contributed by atoms with Crippen LogP contribution in [0.4, 0.5) is 0 Å². The van der Waals surface area contributed by atoms with Gasteiger partial charge in [-0.2, -0.15) is 0 Å². The molecule has 0 aliphatic heterocycles. The number of aryl methyl sites for hydroxylation is 2. The molecular formula is C24H22ClNO5. The van der Waals surface area contributed by atoms with Gasteiger partial charge in [-0.25, -0.2) is 9.59 Å². The smallest absolute Gasteiger partial charge is 0.340 e. The zero-order chi connectivity index (χ0) is 22.5. The molecular weight excluding hydrogens is 418 g/mol. The van der Waals surface area contributed by atoms with Crippen molar-refractivity contribution in [3.63, 3.8) is 0 Å². The van der Waals surface area contributed by atoms with Crippen molar-refractivity contribution in [2.75, 3.05) is 14.2 Å². The van der Waals surface area contributed by atoms with Crippen LogP contribution in [-0.4, -0.2) is 31.1 Å². The summed E-state index contributed by atoms with van der Waals surface area (Å²) in [7, 11) is 2.57. The van der Waals surface area contributed by atoms with Gasteiger partial charge in [0.15, 0.2) is 0 Å². The van der Waals surface area contributed by atoms with Crippen molar-refractivity contribution < 1.29 is 23.8 Å². The van der Waals surface area contributed by atoms with Crippen molar-refractivity contribution in [2.45, 2.75) is 20.5 Å². The van der Waals surface area contributed by atoms with E-state index in [0.29, 0.717) is 33.3 Å². The van der Waals surface area contributed by atoms with E-state index in [0.717, 1.165) is 5.56 Å². The molecule has 0 aliphatic carbocycles. The second-order valence-corrected chi connectivity index (χ2v) is 7.21. The maximum atomic E-state index is 12.6. The number of halogens is 1. The molecule has 0 atom stereocenters. The Morgan fingerprint density at radius 2 is 1.52 bits per heavy atom. The van der Waals surface area contributed by atoms with Crippen molar-refractivity contribution in [3.8, 4) is 16.9 Å². The third-order valence-corrected chi connectivity index (χ3v) is 5.18. The minimum absolute atomic E-state index is 0.205. The second kappa shape index (κ2) is 9.62. The molecule has 1 aromatic heterocycles. The fraction of sp³-hybridized carbons (Fsp3) is 0.208. The lowest BCUT2D eigenvalue weighted by atomic mass is 9.92. The van der Waals surface area contributed by atoms with E-state index < -0.39 is 11.9 Å². The summed E-state index contributed by atoms with van der Waals surface area (Å²) in [6.07, 6.45) is 0. The Balaban J connectivity index is 2.11. The fourth-order valence-electron chi connectivity index (χ4n) is 3.36. The Hall–Kier alpha value is -3.38. The summed E-state index contributed by atoms with van der Waals surface area (Å²) in [5, 5.41) is 0.611. The Kier molecular flexibility index (Phi) is 6.92. The van der Waals surface area contributed by atoms with Crippen LogP contribution >= 0.6 is 11.6 Å². The van der Waals surface area contributed by atoms with Crippen molar-refractivity contribution in [2.24, 2.45) is 0 Å². The monoisotopic (exact) mass is 439 g/mol. The molecule has 0 amide bonds. The first-order chi connectivity index (χ1) is 14.9. The van der Waals surface area contributed by atoms with Crippen LogP contribution in [0.2, 0.25) is 5.02 Å². The standard InChI is InChI=1S/C24H22ClNO5/c1-14-20(23(27)29-3)22(21(15(2)26-14)24(28)30-4)16-9-7-10-18(12-16)31-13-17-8-5-6-11-19(17)25/h5-12H,13H2,1-4H3. The molecule has 0 fully saturated rings. The molecule has 31 heavy (non-hydrogen) atoms. The van der Waals surface area contributed by atoms with Gasteiger partial charge >= 0.3 is 11.9 Å². The topological polar surface area (TPSA) is 74.7 Å². The number of carbonyl (C=O) groups is 2. The summed E-state index contributed by atoms with van der Waals surface area (Å²) < 4.78 is 15.8. The predicted molar refractivity (Wildman–Crippen MR) is 118 cm³/mol. The molecule has 7 heteroatoms. The van der Waals surface area contributed by atoms with Crippen molar-refractivity contribution in [1.82, 2.24) is 4.98 Å². The van der Waals surface area contributed by atoms with E-state index in [1.165, 1.54) is 14.2 Å². The molecule has 3 aromatic rings. The van der Waals surface area contributed by atoms with Gasteiger partial charge in [-0.1, -0.05) is 41.9 Å². The molecule has 0 radical (unpaired) electrons. The second-order valence-electron chi connectivity index (χ2n) is 6.80. The highest BCUT2D eigenvalue weighted by atomic mass is 35.5. The van der Waals surface area contributed by atoms with Gasteiger partial charge in [-0.05, 0) is 37.6 Å². The summed E-state index contributed by atoms with van der Waals surface area (Å²) >= 11 is 6.21. The summed E-state index contributed by atoms with van der Waals surface area (Å²) in [6.45, 7) is 3.66. The molecule has 6 nitrogen and oxygen atoms in total. The van der Waals surface area contributed by atoms with Gasteiger partial charge in [0.25, 0.3) is 0 Å². The van der Waals surface area contributed by atoms with E-state index in [2.05, 4.69) is 4.98 Å². The van der Waals surface area contributed by atoms with Crippen molar-refractivity contribution >= 4 is 23.5 Å². The third kappa shape index (κ3) is 4.70. The summed E-state index contributed by atoms with van der Waals surface area (Å²) in [5.74, 6) is -0.628. The van der Waals surface area contributed by atoms with Gasteiger partial charge in [0.05, 0.1) is 36.7 Å². The lowest BCUT2D eigenvalue weighted by Crippen LogP contribution is -2.16. The number of esters is 2. The van der Waals surface area contributed by atoms with Crippen LogP contribution in [0.5, 0.6) is 5.75 Å². The maximum Gasteiger partial charge on any atom is 0.340 e. The van der Waals surface area contributed by atoms with Gasteiger partial charge in [-0.15, -0.1) is 0 Å². The lowest BCUT2D eigenvalue weighted by molar-refractivity contribution is 0.0599. The highest BCUT2D eigenvalue weighted by Gasteiger charge is 2.27. The van der Waals surface area contributed by atoms with Gasteiger partial charge in [-0.3, -0.25) is 4.98 Å². The van der Waals surface area contributed by atoms with Crippen LogP contribution in [0.3, 0.4) is 0 Å². The number of nitrogens with zero attached hydrogens (tertiary/aromatic N) is 1. The number of benzene rings is 2. The van der Waals surface area contributed by atoms with Crippen LogP contribution in [0, 0.1) is 13.8 Å². The van der Waals surface area contributed by atoms with Crippen LogP contribution in [0.25, 0.3) is 11.1 Å². The van der Waals surface area contributed by atoms with Gasteiger partial charge in [0.2, 0.25) is 0 Å². The Bertz CT molecular complexity index is 1100.